The van der Waals surface area contributed by atoms with E-state index >= 15 is 0 Å². The zero-order chi connectivity index (χ0) is 15.1. The number of rotatable bonds is 8. The summed E-state index contributed by atoms with van der Waals surface area (Å²) in [5.41, 5.74) is 0. The van der Waals surface area contributed by atoms with Crippen molar-refractivity contribution in [1.82, 2.24) is 0 Å². The molecule has 0 saturated carbocycles. The summed E-state index contributed by atoms with van der Waals surface area (Å²) in [4.78, 5) is 0. The molecule has 0 atom stereocenters. The van der Waals surface area contributed by atoms with Gasteiger partial charge in [0.15, 0.2) is 0 Å². The van der Waals surface area contributed by atoms with Crippen molar-refractivity contribution in [1.29, 1.82) is 0 Å². The van der Waals surface area contributed by atoms with Gasteiger partial charge in [0.25, 0.3) is 8.32 Å². The van der Waals surface area contributed by atoms with Crippen LogP contribution in [0, 0.1) is 0 Å². The Bertz CT molecular complexity index is 547. The molecule has 114 valence electrons. The minimum Gasteiger partial charge on any atom is -0.543 e. The van der Waals surface area contributed by atoms with Crippen LogP contribution in [0.3, 0.4) is 0 Å². The van der Waals surface area contributed by atoms with Crippen LogP contribution in [0.15, 0.2) is 42.5 Å². The molecule has 0 saturated heterocycles. The molecule has 0 bridgehead atoms. The molecule has 0 fully saturated rings. The normalized spacial score (nSPS) is 11.8. The number of hydrogen-bond donors (Lipinski definition) is 0. The molecule has 2 aromatic rings. The molecule has 0 spiro atoms. The van der Waals surface area contributed by atoms with E-state index < -0.39 is 8.32 Å². The van der Waals surface area contributed by atoms with E-state index in [2.05, 4.69) is 63.2 Å². The zero-order valence-electron chi connectivity index (χ0n) is 13.7. The van der Waals surface area contributed by atoms with Gasteiger partial charge >= 0.3 is 0 Å². The quantitative estimate of drug-likeness (QED) is 0.513. The maximum absolute atomic E-state index is 6.67. The van der Waals surface area contributed by atoms with Crippen molar-refractivity contribution in [2.45, 2.75) is 58.2 Å². The van der Waals surface area contributed by atoms with E-state index in [1.165, 1.54) is 48.2 Å². The third-order valence-corrected chi connectivity index (χ3v) is 9.07. The molecular weight excluding hydrogens is 272 g/mol. The van der Waals surface area contributed by atoms with Crippen LogP contribution < -0.4 is 4.43 Å². The van der Waals surface area contributed by atoms with Gasteiger partial charge in [-0.15, -0.1) is 0 Å². The molecule has 0 radical (unpaired) electrons. The van der Waals surface area contributed by atoms with Gasteiger partial charge in [-0.25, -0.2) is 0 Å². The van der Waals surface area contributed by atoms with E-state index in [1.807, 2.05) is 0 Å². The lowest BCUT2D eigenvalue weighted by molar-refractivity contribution is 0.519. The lowest BCUT2D eigenvalue weighted by Gasteiger charge is -2.32. The third-order valence-electron chi connectivity index (χ3n) is 4.17. The molecule has 2 aromatic carbocycles. The summed E-state index contributed by atoms with van der Waals surface area (Å²) >= 11 is 0. The van der Waals surface area contributed by atoms with E-state index in [9.17, 15) is 0 Å². The van der Waals surface area contributed by atoms with Crippen LogP contribution in [0.25, 0.3) is 10.8 Å². The standard InChI is InChI=1S/C19H28OSi/c1-4-13-21(14-5-2,15-6-3)20-19-12-11-17-9-7-8-10-18(17)16-19/h7-12,16H,4-6,13-15H2,1-3H3. The first kappa shape index (κ1) is 16.1. The van der Waals surface area contributed by atoms with Crippen molar-refractivity contribution < 1.29 is 4.43 Å². The van der Waals surface area contributed by atoms with Crippen molar-refractivity contribution >= 4 is 19.1 Å². The van der Waals surface area contributed by atoms with Crippen LogP contribution in [0.2, 0.25) is 18.1 Å². The highest BCUT2D eigenvalue weighted by Crippen LogP contribution is 2.31. The molecule has 0 aliphatic heterocycles. The first-order valence-corrected chi connectivity index (χ1v) is 10.9. The lowest BCUT2D eigenvalue weighted by Crippen LogP contribution is -2.41. The maximum Gasteiger partial charge on any atom is 0.251 e. The topological polar surface area (TPSA) is 9.23 Å². The van der Waals surface area contributed by atoms with Crippen molar-refractivity contribution in [2.24, 2.45) is 0 Å². The molecule has 0 amide bonds. The summed E-state index contributed by atoms with van der Waals surface area (Å²) in [7, 11) is -1.62. The molecule has 0 unspecified atom stereocenters. The molecule has 2 rings (SSSR count). The second-order valence-electron chi connectivity index (χ2n) is 6.04. The van der Waals surface area contributed by atoms with Gasteiger partial charge in [-0.1, -0.05) is 70.4 Å². The first-order valence-electron chi connectivity index (χ1n) is 8.41. The number of benzene rings is 2. The Morgan fingerprint density at radius 2 is 1.33 bits per heavy atom. The average molecular weight is 301 g/mol. The largest absolute Gasteiger partial charge is 0.543 e. The Hall–Kier alpha value is -1.28. The van der Waals surface area contributed by atoms with Crippen LogP contribution in [0.1, 0.15) is 40.0 Å². The maximum atomic E-state index is 6.67. The van der Waals surface area contributed by atoms with Gasteiger partial charge in [0, 0.05) is 0 Å². The molecule has 0 aliphatic rings. The molecule has 1 nitrogen and oxygen atoms in total. The van der Waals surface area contributed by atoms with Crippen molar-refractivity contribution in [3.8, 4) is 5.75 Å². The minimum atomic E-state index is -1.62. The molecule has 0 aromatic heterocycles. The van der Waals surface area contributed by atoms with Crippen LogP contribution in [0.5, 0.6) is 5.75 Å². The van der Waals surface area contributed by atoms with Gasteiger partial charge in [0.05, 0.1) is 0 Å². The zero-order valence-corrected chi connectivity index (χ0v) is 14.7. The fraction of sp³-hybridized carbons (Fsp3) is 0.474. The number of hydrogen-bond acceptors (Lipinski definition) is 1. The Morgan fingerprint density at radius 3 is 1.90 bits per heavy atom. The van der Waals surface area contributed by atoms with Gasteiger partial charge in [-0.2, -0.15) is 0 Å². The second kappa shape index (κ2) is 7.65. The third kappa shape index (κ3) is 4.10. The van der Waals surface area contributed by atoms with E-state index in [1.54, 1.807) is 0 Å². The molecule has 21 heavy (non-hydrogen) atoms. The minimum absolute atomic E-state index is 1.08. The summed E-state index contributed by atoms with van der Waals surface area (Å²) < 4.78 is 6.67. The predicted molar refractivity (Wildman–Crippen MR) is 95.6 cm³/mol. The van der Waals surface area contributed by atoms with Crippen molar-refractivity contribution in [3.05, 3.63) is 42.5 Å². The number of fused-ring (bicyclic) bond motifs is 1. The summed E-state index contributed by atoms with van der Waals surface area (Å²) in [6, 6.07) is 18.9. The van der Waals surface area contributed by atoms with E-state index in [4.69, 9.17) is 4.43 Å². The molecule has 0 N–H and O–H groups in total. The Balaban J connectivity index is 2.27. The highest BCUT2D eigenvalue weighted by atomic mass is 28.4. The Labute approximate surface area is 130 Å². The SMILES string of the molecule is CCC[Si](CCC)(CCC)Oc1ccc2ccccc2c1. The summed E-state index contributed by atoms with van der Waals surface area (Å²) in [5, 5.41) is 2.57. The average Bonchev–Trinajstić information content (AvgIpc) is 2.48. The van der Waals surface area contributed by atoms with Gasteiger partial charge in [-0.3, -0.25) is 0 Å². The molecule has 0 aliphatic carbocycles. The van der Waals surface area contributed by atoms with Gasteiger partial charge in [0.1, 0.15) is 5.75 Å². The highest BCUT2D eigenvalue weighted by molar-refractivity contribution is 6.74. The fourth-order valence-corrected chi connectivity index (χ4v) is 7.79. The first-order chi connectivity index (χ1) is 10.2. The van der Waals surface area contributed by atoms with Gasteiger partial charge < -0.3 is 4.43 Å². The van der Waals surface area contributed by atoms with Crippen LogP contribution in [-0.4, -0.2) is 8.32 Å². The Morgan fingerprint density at radius 1 is 0.762 bits per heavy atom. The summed E-state index contributed by atoms with van der Waals surface area (Å²) in [5.74, 6) is 1.08. The highest BCUT2D eigenvalue weighted by Gasteiger charge is 2.34. The van der Waals surface area contributed by atoms with Crippen molar-refractivity contribution in [2.75, 3.05) is 0 Å². The molecule has 2 heteroatoms. The van der Waals surface area contributed by atoms with Gasteiger partial charge in [-0.05, 0) is 41.0 Å². The van der Waals surface area contributed by atoms with Crippen LogP contribution in [-0.2, 0) is 0 Å². The predicted octanol–water partition coefficient (Wildman–Crippen LogP) is 6.39. The van der Waals surface area contributed by atoms with Crippen LogP contribution in [0.4, 0.5) is 0 Å². The van der Waals surface area contributed by atoms with Crippen LogP contribution >= 0.6 is 0 Å². The van der Waals surface area contributed by atoms with Gasteiger partial charge in [0.2, 0.25) is 0 Å². The Kier molecular flexibility index (Phi) is 5.86. The smallest absolute Gasteiger partial charge is 0.251 e. The van der Waals surface area contributed by atoms with E-state index in [0.29, 0.717) is 0 Å². The van der Waals surface area contributed by atoms with E-state index in [-0.39, 0.29) is 0 Å². The molecule has 0 heterocycles. The summed E-state index contributed by atoms with van der Waals surface area (Å²) in [6.07, 6.45) is 3.71. The van der Waals surface area contributed by atoms with Crippen molar-refractivity contribution in [3.63, 3.8) is 0 Å². The van der Waals surface area contributed by atoms with E-state index in [0.717, 1.165) is 5.75 Å². The second-order valence-corrected chi connectivity index (χ2v) is 10.1. The fourth-order valence-electron chi connectivity index (χ4n) is 3.38. The molecular formula is C19H28OSi. The monoisotopic (exact) mass is 300 g/mol. The summed E-state index contributed by atoms with van der Waals surface area (Å²) in [6.45, 7) is 6.87. The lowest BCUT2D eigenvalue weighted by atomic mass is 10.1.